The molecule has 5 aliphatic rings. The maximum Gasteiger partial charge on any atom is 0.270 e. The topological polar surface area (TPSA) is 137 Å². The fourth-order valence-corrected chi connectivity index (χ4v) is 9.98. The number of methoxy groups -OCH3 is 1. The first-order valence-electron chi connectivity index (χ1n) is 20.8. The van der Waals surface area contributed by atoms with Crippen molar-refractivity contribution in [3.05, 3.63) is 107 Å². The molecule has 58 heavy (non-hydrogen) atoms. The fourth-order valence-electron chi connectivity index (χ4n) is 9.98. The molecular weight excluding hydrogens is 733 g/mol. The summed E-state index contributed by atoms with van der Waals surface area (Å²) in [5.74, 6) is 1.32. The maximum absolute atomic E-state index is 12.9. The van der Waals surface area contributed by atoms with E-state index in [9.17, 15) is 19.5 Å². The number of pyridine rings is 1. The smallest absolute Gasteiger partial charge is 0.270 e. The van der Waals surface area contributed by atoms with Gasteiger partial charge in [-0.2, -0.15) is 0 Å². The fraction of sp³-hybridized carbons (Fsp3) is 0.435. The molecule has 0 bridgehead atoms. The monoisotopic (exact) mass is 784 g/mol. The van der Waals surface area contributed by atoms with Gasteiger partial charge in [0.15, 0.2) is 0 Å². The minimum absolute atomic E-state index is 0.142. The number of benzene rings is 3. The third-order valence-corrected chi connectivity index (χ3v) is 13.3. The van der Waals surface area contributed by atoms with Crippen LogP contribution in [0.4, 0.5) is 11.4 Å². The Kier molecular flexibility index (Phi) is 10.4. The van der Waals surface area contributed by atoms with Crippen LogP contribution in [0.25, 0.3) is 0 Å². The van der Waals surface area contributed by atoms with Crippen LogP contribution in [0.15, 0.2) is 85.1 Å². The molecule has 4 fully saturated rings. The molecule has 0 radical (unpaired) electrons. The van der Waals surface area contributed by atoms with Gasteiger partial charge >= 0.3 is 0 Å². The normalized spacial score (nSPS) is 23.4. The zero-order valence-corrected chi connectivity index (χ0v) is 33.1. The van der Waals surface area contributed by atoms with Crippen molar-refractivity contribution in [3.63, 3.8) is 0 Å². The summed E-state index contributed by atoms with van der Waals surface area (Å²) in [7, 11) is 1.59. The molecule has 0 unspecified atom stereocenters. The number of fused-ring (bicyclic) bond motifs is 1. The van der Waals surface area contributed by atoms with E-state index in [1.165, 1.54) is 42.5 Å². The second kappa shape index (κ2) is 16.0. The van der Waals surface area contributed by atoms with Gasteiger partial charge in [-0.1, -0.05) is 48.5 Å². The van der Waals surface area contributed by atoms with E-state index in [-0.39, 0.29) is 42.0 Å². The first-order chi connectivity index (χ1) is 28.2. The number of phenolic OH excluding ortho intramolecular Hbond substituents is 1. The van der Waals surface area contributed by atoms with Crippen LogP contribution in [0.1, 0.15) is 77.5 Å². The number of piperidine rings is 1. The number of hydrogen-bond donors (Lipinski definition) is 3. The van der Waals surface area contributed by atoms with Crippen LogP contribution in [-0.2, 0) is 9.59 Å². The summed E-state index contributed by atoms with van der Waals surface area (Å²) in [5, 5.41) is 15.1. The van der Waals surface area contributed by atoms with Gasteiger partial charge in [0.1, 0.15) is 29.0 Å². The second-order valence-electron chi connectivity index (χ2n) is 16.9. The Morgan fingerprint density at radius 1 is 0.931 bits per heavy atom. The molecule has 3 saturated heterocycles. The van der Waals surface area contributed by atoms with Crippen LogP contribution >= 0.6 is 0 Å². The van der Waals surface area contributed by atoms with E-state index in [0.717, 1.165) is 62.8 Å². The summed E-state index contributed by atoms with van der Waals surface area (Å²) < 4.78 is 11.9. The highest BCUT2D eigenvalue weighted by atomic mass is 16.5. The zero-order valence-electron chi connectivity index (χ0n) is 33.1. The van der Waals surface area contributed by atoms with Gasteiger partial charge in [-0.15, -0.1) is 0 Å². The van der Waals surface area contributed by atoms with E-state index >= 15 is 0 Å². The number of rotatable bonds is 9. The van der Waals surface area contributed by atoms with E-state index in [1.54, 1.807) is 31.5 Å². The SMILES string of the molecule is COc1cc(C(=O)N[C@@H]2CCC(=O)NC2=O)ncc1N1CCN(CC2CCC3(CC2)CN(c2ccc([C@H]4c5ccc(O)cc5OC[C@H]4c4ccccc4)cc2)C3)CC1. The number of nitrogens with one attached hydrogen (secondary N) is 2. The Balaban J connectivity index is 0.752. The molecule has 3 amide bonds. The lowest BCUT2D eigenvalue weighted by Crippen LogP contribution is -2.58. The van der Waals surface area contributed by atoms with Crippen molar-refractivity contribution in [3.8, 4) is 17.2 Å². The first-order valence-corrected chi connectivity index (χ1v) is 20.8. The maximum atomic E-state index is 12.9. The van der Waals surface area contributed by atoms with Crippen molar-refractivity contribution < 1.29 is 29.0 Å². The quantitative estimate of drug-likeness (QED) is 0.188. The van der Waals surface area contributed by atoms with Gasteiger partial charge in [-0.3, -0.25) is 24.6 Å². The van der Waals surface area contributed by atoms with Crippen LogP contribution < -0.4 is 29.9 Å². The van der Waals surface area contributed by atoms with Crippen LogP contribution in [0, 0.1) is 11.3 Å². The summed E-state index contributed by atoms with van der Waals surface area (Å²) >= 11 is 0. The number of aromatic hydroxyl groups is 1. The number of phenols is 1. The Hall–Kier alpha value is -5.62. The molecule has 4 aromatic rings. The van der Waals surface area contributed by atoms with Gasteiger partial charge in [0.05, 0.1) is 25.6 Å². The molecule has 9 rings (SSSR count). The summed E-state index contributed by atoms with van der Waals surface area (Å²) in [5.41, 5.74) is 6.39. The Morgan fingerprint density at radius 3 is 2.41 bits per heavy atom. The lowest BCUT2D eigenvalue weighted by Gasteiger charge is -2.55. The van der Waals surface area contributed by atoms with E-state index < -0.39 is 17.9 Å². The van der Waals surface area contributed by atoms with Gasteiger partial charge in [0.25, 0.3) is 5.91 Å². The molecule has 3 N–H and O–H groups in total. The van der Waals surface area contributed by atoms with Gasteiger partial charge in [-0.05, 0) is 67.3 Å². The number of carbonyl (C=O) groups excluding carboxylic acids is 3. The molecule has 12 heteroatoms. The van der Waals surface area contributed by atoms with Crippen molar-refractivity contribution in [2.75, 3.05) is 69.3 Å². The number of amides is 3. The number of ether oxygens (including phenoxy) is 2. The molecule has 12 nitrogen and oxygen atoms in total. The third kappa shape index (κ3) is 7.69. The Labute approximate surface area is 339 Å². The minimum atomic E-state index is -0.761. The molecule has 1 aliphatic carbocycles. The summed E-state index contributed by atoms with van der Waals surface area (Å²) in [6, 6.07) is 26.2. The first kappa shape index (κ1) is 37.9. The number of anilines is 2. The predicted octanol–water partition coefficient (Wildman–Crippen LogP) is 5.46. The minimum Gasteiger partial charge on any atom is -0.508 e. The van der Waals surface area contributed by atoms with E-state index in [4.69, 9.17) is 9.47 Å². The molecule has 5 heterocycles. The molecule has 302 valence electrons. The van der Waals surface area contributed by atoms with Crippen LogP contribution in [-0.4, -0.2) is 98.3 Å². The second-order valence-corrected chi connectivity index (χ2v) is 16.9. The molecule has 3 aromatic carbocycles. The van der Waals surface area contributed by atoms with Crippen molar-refractivity contribution in [2.45, 2.75) is 56.4 Å². The molecule has 1 aromatic heterocycles. The van der Waals surface area contributed by atoms with Crippen molar-refractivity contribution in [1.29, 1.82) is 0 Å². The van der Waals surface area contributed by atoms with Crippen molar-refractivity contribution in [2.24, 2.45) is 11.3 Å². The standard InChI is InChI=1S/C46H52N6O6/c1-57-41-24-38(45(56)48-37-13-14-42(54)49-44(37)55)47-25-39(41)51-21-19-50(20-22-51)26-30-15-17-46(18-16-30)28-52(29-46)33-9-7-32(8-10-33)43-35-12-11-34(53)23-40(35)58-27-36(43)31-5-3-2-4-6-31/h2-12,23-25,30,36-37,43,53H,13-22,26-29H2,1H3,(H,48,56)(H,49,54,55)/t36-,37+,43-/m0/s1. The Bertz CT molecular complexity index is 2140. The van der Waals surface area contributed by atoms with E-state index in [0.29, 0.717) is 23.7 Å². The number of imide groups is 1. The van der Waals surface area contributed by atoms with E-state index in [2.05, 4.69) is 84.9 Å². The largest absolute Gasteiger partial charge is 0.508 e. The lowest BCUT2D eigenvalue weighted by atomic mass is 9.65. The highest BCUT2D eigenvalue weighted by molar-refractivity contribution is 6.03. The highest BCUT2D eigenvalue weighted by Crippen LogP contribution is 2.49. The Morgan fingerprint density at radius 2 is 1.69 bits per heavy atom. The average Bonchev–Trinajstić information content (AvgIpc) is 3.24. The summed E-state index contributed by atoms with van der Waals surface area (Å²) in [6.45, 7) is 7.56. The van der Waals surface area contributed by atoms with Crippen LogP contribution in [0.5, 0.6) is 17.2 Å². The number of carbonyl (C=O) groups is 3. The van der Waals surface area contributed by atoms with E-state index in [1.807, 2.05) is 6.07 Å². The van der Waals surface area contributed by atoms with Crippen molar-refractivity contribution in [1.82, 2.24) is 20.5 Å². The van der Waals surface area contributed by atoms with Gasteiger partial charge in [0, 0.05) is 92.9 Å². The molecular formula is C46H52N6O6. The average molecular weight is 785 g/mol. The molecule has 1 saturated carbocycles. The highest BCUT2D eigenvalue weighted by Gasteiger charge is 2.45. The zero-order chi connectivity index (χ0) is 39.8. The van der Waals surface area contributed by atoms with Crippen LogP contribution in [0.3, 0.4) is 0 Å². The summed E-state index contributed by atoms with van der Waals surface area (Å²) in [4.78, 5) is 48.3. The van der Waals surface area contributed by atoms with Crippen LogP contribution in [0.2, 0.25) is 0 Å². The van der Waals surface area contributed by atoms with Crippen molar-refractivity contribution >= 4 is 29.1 Å². The number of aromatic nitrogens is 1. The number of hydrogen-bond acceptors (Lipinski definition) is 10. The lowest BCUT2D eigenvalue weighted by molar-refractivity contribution is -0.134. The molecule has 1 spiro atoms. The third-order valence-electron chi connectivity index (χ3n) is 13.3. The molecule has 4 aliphatic heterocycles. The van der Waals surface area contributed by atoms with Gasteiger partial charge < -0.3 is 29.7 Å². The molecule has 3 atom stereocenters. The summed E-state index contributed by atoms with van der Waals surface area (Å²) in [6.07, 6.45) is 7.25. The number of nitrogens with zero attached hydrogens (tertiary/aromatic N) is 4. The van der Waals surface area contributed by atoms with Gasteiger partial charge in [-0.25, -0.2) is 4.98 Å². The number of piperazine rings is 1. The van der Waals surface area contributed by atoms with Gasteiger partial charge in [0.2, 0.25) is 11.8 Å². The predicted molar refractivity (Wildman–Crippen MR) is 221 cm³/mol.